The third-order valence-electron chi connectivity index (χ3n) is 5.41. The molecule has 0 aliphatic carbocycles. The summed E-state index contributed by atoms with van der Waals surface area (Å²) in [6, 6.07) is 25.8. The van der Waals surface area contributed by atoms with Gasteiger partial charge in [0.25, 0.3) is 0 Å². The maximum Gasteiger partial charge on any atom is 0.343 e. The first-order chi connectivity index (χ1) is 19.3. The molecule has 0 saturated carbocycles. The molecular weight excluding hydrogens is 512 g/mol. The van der Waals surface area contributed by atoms with Crippen LogP contribution in [0.2, 0.25) is 0 Å². The van der Waals surface area contributed by atoms with Crippen LogP contribution in [0.3, 0.4) is 0 Å². The van der Waals surface area contributed by atoms with Crippen LogP contribution in [-0.4, -0.2) is 23.9 Å². The highest BCUT2D eigenvalue weighted by molar-refractivity contribution is 5.92. The maximum atomic E-state index is 12.4. The zero-order chi connectivity index (χ0) is 28.5. The van der Waals surface area contributed by atoms with E-state index in [-0.39, 0.29) is 11.5 Å². The second kappa shape index (κ2) is 12.7. The first kappa shape index (κ1) is 27.3. The van der Waals surface area contributed by atoms with Gasteiger partial charge in [-0.15, -0.1) is 0 Å². The molecule has 0 unspecified atom stereocenters. The Bertz CT molecular complexity index is 1430. The van der Waals surface area contributed by atoms with Crippen molar-refractivity contribution in [1.29, 1.82) is 0 Å². The highest BCUT2D eigenvalue weighted by Gasteiger charge is 2.12. The molecule has 0 N–H and O–H groups in total. The number of hydrogen-bond donors (Lipinski definition) is 0. The molecule has 198 valence electrons. The van der Waals surface area contributed by atoms with Gasteiger partial charge in [-0.3, -0.25) is 0 Å². The van der Waals surface area contributed by atoms with Gasteiger partial charge in [-0.2, -0.15) is 0 Å². The Hall–Kier alpha value is -5.76. The van der Waals surface area contributed by atoms with Crippen LogP contribution in [0.25, 0.3) is 11.1 Å². The monoisotopic (exact) mass is 534 g/mol. The third kappa shape index (κ3) is 7.17. The highest BCUT2D eigenvalue weighted by atomic mass is 16.5. The second-order valence-corrected chi connectivity index (χ2v) is 8.13. The number of benzene rings is 4. The number of hydrogen-bond acceptors (Lipinski definition) is 8. The van der Waals surface area contributed by atoms with E-state index in [1.165, 1.54) is 48.5 Å². The molecule has 4 rings (SSSR count). The minimum atomic E-state index is -0.594. The fourth-order valence-electron chi connectivity index (χ4n) is 3.40. The van der Waals surface area contributed by atoms with Crippen LogP contribution in [0.4, 0.5) is 0 Å². The van der Waals surface area contributed by atoms with Gasteiger partial charge in [0.05, 0.1) is 11.1 Å². The van der Waals surface area contributed by atoms with E-state index in [1.54, 1.807) is 48.5 Å². The normalized spacial score (nSPS) is 10.1. The van der Waals surface area contributed by atoms with E-state index in [0.29, 0.717) is 22.6 Å². The van der Waals surface area contributed by atoms with E-state index < -0.39 is 23.9 Å². The summed E-state index contributed by atoms with van der Waals surface area (Å²) >= 11 is 0. The topological polar surface area (TPSA) is 105 Å². The first-order valence-corrected chi connectivity index (χ1v) is 11.9. The Morgan fingerprint density at radius 2 is 0.700 bits per heavy atom. The Kier molecular flexibility index (Phi) is 8.63. The van der Waals surface area contributed by atoms with Crippen molar-refractivity contribution in [3.05, 3.63) is 133 Å². The lowest BCUT2D eigenvalue weighted by molar-refractivity contribution is -0.129. The Morgan fingerprint density at radius 3 is 1.00 bits per heavy atom. The van der Waals surface area contributed by atoms with Gasteiger partial charge in [0.2, 0.25) is 0 Å². The van der Waals surface area contributed by atoms with Gasteiger partial charge in [0.15, 0.2) is 0 Å². The summed E-state index contributed by atoms with van der Waals surface area (Å²) in [5.74, 6) is -1.03. The molecule has 0 heterocycles. The Labute approximate surface area is 229 Å². The lowest BCUT2D eigenvalue weighted by atomic mass is 10.1. The summed E-state index contributed by atoms with van der Waals surface area (Å²) in [5, 5.41) is 0. The summed E-state index contributed by atoms with van der Waals surface area (Å²) in [4.78, 5) is 47.4. The molecule has 0 amide bonds. The van der Waals surface area contributed by atoms with Gasteiger partial charge in [0, 0.05) is 12.2 Å². The predicted molar refractivity (Wildman–Crippen MR) is 146 cm³/mol. The summed E-state index contributed by atoms with van der Waals surface area (Å²) in [6.45, 7) is 6.66. The van der Waals surface area contributed by atoms with Crippen LogP contribution in [0, 0.1) is 0 Å². The molecule has 4 aromatic rings. The number of carbonyl (C=O) groups is 4. The van der Waals surface area contributed by atoms with Gasteiger partial charge >= 0.3 is 23.9 Å². The van der Waals surface area contributed by atoms with Crippen LogP contribution in [0.5, 0.6) is 23.0 Å². The van der Waals surface area contributed by atoms with E-state index in [1.807, 2.05) is 0 Å². The maximum absolute atomic E-state index is 12.4. The average Bonchev–Trinajstić information content (AvgIpc) is 2.98. The number of ether oxygens (including phenoxy) is 4. The SMILES string of the molecule is C=CC(=O)Oc1ccc(C(=O)Oc2ccc(-c3ccc(OC(=O)c4ccc(OC(=O)C=C)cc4)cc3)cc2)cc1. The Balaban J connectivity index is 1.33. The van der Waals surface area contributed by atoms with Gasteiger partial charge in [-0.1, -0.05) is 37.4 Å². The van der Waals surface area contributed by atoms with Crippen molar-refractivity contribution in [2.45, 2.75) is 0 Å². The average molecular weight is 535 g/mol. The van der Waals surface area contributed by atoms with Gasteiger partial charge < -0.3 is 18.9 Å². The molecule has 0 bridgehead atoms. The summed E-state index contributed by atoms with van der Waals surface area (Å²) in [6.07, 6.45) is 2.09. The molecule has 8 nitrogen and oxygen atoms in total. The quantitative estimate of drug-likeness (QED) is 0.147. The second-order valence-electron chi connectivity index (χ2n) is 8.13. The molecule has 4 aromatic carbocycles. The molecule has 0 aliphatic rings. The summed E-state index contributed by atoms with van der Waals surface area (Å²) in [7, 11) is 0. The molecule has 0 aliphatic heterocycles. The molecule has 0 aromatic heterocycles. The molecule has 0 spiro atoms. The molecule has 0 radical (unpaired) electrons. The predicted octanol–water partition coefficient (Wildman–Crippen LogP) is 5.97. The standard InChI is InChI=1S/C32H22O8/c1-3-29(33)37-25-17-9-23(10-18-25)31(35)39-27-13-5-21(6-14-27)22-7-15-28(16-8-22)40-32(36)24-11-19-26(20-12-24)38-30(34)4-2/h3-20H,1-2H2. The van der Waals surface area contributed by atoms with E-state index >= 15 is 0 Å². The number of esters is 4. The molecule has 8 heteroatoms. The van der Waals surface area contributed by atoms with Crippen LogP contribution in [0.15, 0.2) is 122 Å². The van der Waals surface area contributed by atoms with E-state index in [4.69, 9.17) is 18.9 Å². The minimum absolute atomic E-state index is 0.286. The largest absolute Gasteiger partial charge is 0.423 e. The van der Waals surface area contributed by atoms with Crippen molar-refractivity contribution in [3.63, 3.8) is 0 Å². The summed E-state index contributed by atoms with van der Waals surface area (Å²) < 4.78 is 20.8. The third-order valence-corrected chi connectivity index (χ3v) is 5.41. The van der Waals surface area contributed by atoms with E-state index in [9.17, 15) is 19.2 Å². The van der Waals surface area contributed by atoms with E-state index in [0.717, 1.165) is 23.3 Å². The van der Waals surface area contributed by atoms with Crippen molar-refractivity contribution in [2.75, 3.05) is 0 Å². The fraction of sp³-hybridized carbons (Fsp3) is 0. The smallest absolute Gasteiger partial charge is 0.343 e. The van der Waals surface area contributed by atoms with Gasteiger partial charge in [-0.25, -0.2) is 19.2 Å². The number of rotatable bonds is 9. The van der Waals surface area contributed by atoms with Crippen LogP contribution in [-0.2, 0) is 9.59 Å². The lowest BCUT2D eigenvalue weighted by Crippen LogP contribution is -2.09. The van der Waals surface area contributed by atoms with E-state index in [2.05, 4.69) is 13.2 Å². The molecular formula is C32H22O8. The van der Waals surface area contributed by atoms with Crippen LogP contribution >= 0.6 is 0 Å². The van der Waals surface area contributed by atoms with Crippen molar-refractivity contribution < 1.29 is 38.1 Å². The zero-order valence-electron chi connectivity index (χ0n) is 21.1. The number of carbonyl (C=O) groups excluding carboxylic acids is 4. The molecule has 0 atom stereocenters. The molecule has 0 fully saturated rings. The minimum Gasteiger partial charge on any atom is -0.423 e. The fourth-order valence-corrected chi connectivity index (χ4v) is 3.40. The molecule has 40 heavy (non-hydrogen) atoms. The van der Waals surface area contributed by atoms with Crippen molar-refractivity contribution >= 4 is 23.9 Å². The van der Waals surface area contributed by atoms with Crippen LogP contribution < -0.4 is 18.9 Å². The zero-order valence-corrected chi connectivity index (χ0v) is 21.1. The van der Waals surface area contributed by atoms with Crippen molar-refractivity contribution in [2.24, 2.45) is 0 Å². The van der Waals surface area contributed by atoms with Crippen molar-refractivity contribution in [3.8, 4) is 34.1 Å². The first-order valence-electron chi connectivity index (χ1n) is 11.9. The van der Waals surface area contributed by atoms with Crippen LogP contribution in [0.1, 0.15) is 20.7 Å². The summed E-state index contributed by atoms with van der Waals surface area (Å²) in [5.41, 5.74) is 2.30. The highest BCUT2D eigenvalue weighted by Crippen LogP contribution is 2.26. The van der Waals surface area contributed by atoms with Crippen molar-refractivity contribution in [1.82, 2.24) is 0 Å². The van der Waals surface area contributed by atoms with Gasteiger partial charge in [0.1, 0.15) is 23.0 Å². The molecule has 0 saturated heterocycles. The Morgan fingerprint density at radius 1 is 0.425 bits per heavy atom. The lowest BCUT2D eigenvalue weighted by Gasteiger charge is -2.08. The van der Waals surface area contributed by atoms with Gasteiger partial charge in [-0.05, 0) is 83.9 Å².